The Balaban J connectivity index is 1.67. The Kier molecular flexibility index (Phi) is 6.54. The van der Waals surface area contributed by atoms with E-state index >= 15 is 0 Å². The molecule has 4 rings (SSSR count). The van der Waals surface area contributed by atoms with Crippen molar-refractivity contribution < 1.29 is 9.18 Å². The number of benzene rings is 1. The molecule has 0 amide bonds. The third kappa shape index (κ3) is 4.58. The number of Topliss-reactive ketones (excluding diaryl/α,β-unsaturated/α-hetero) is 1. The van der Waals surface area contributed by atoms with Gasteiger partial charge in [0, 0.05) is 25.8 Å². The zero-order valence-electron chi connectivity index (χ0n) is 18.9. The second-order valence-corrected chi connectivity index (χ2v) is 8.74. The Bertz CT molecular complexity index is 1010. The van der Waals surface area contributed by atoms with E-state index in [-0.39, 0.29) is 5.78 Å². The summed E-state index contributed by atoms with van der Waals surface area (Å²) in [6, 6.07) is 4.71. The summed E-state index contributed by atoms with van der Waals surface area (Å²) in [4.78, 5) is 21.2. The van der Waals surface area contributed by atoms with Crippen molar-refractivity contribution >= 4 is 17.3 Å². The minimum absolute atomic E-state index is 0.250. The molecule has 1 aromatic heterocycles. The number of aryl methyl sites for hydroxylation is 3. The molecule has 0 fully saturated rings. The van der Waals surface area contributed by atoms with E-state index in [0.29, 0.717) is 43.0 Å². The summed E-state index contributed by atoms with van der Waals surface area (Å²) in [5.74, 6) is 1.77. The maximum Gasteiger partial charge on any atom is 0.265 e. The Morgan fingerprint density at radius 3 is 2.65 bits per heavy atom. The minimum Gasteiger partial charge on any atom is -0.322 e. The van der Waals surface area contributed by atoms with Crippen LogP contribution in [0.3, 0.4) is 0 Å². The van der Waals surface area contributed by atoms with Crippen LogP contribution in [0.1, 0.15) is 86.6 Å². The number of anilines is 1. The molecule has 1 unspecified atom stereocenters. The molecule has 1 aromatic carbocycles. The largest absolute Gasteiger partial charge is 0.322 e. The molecule has 1 atom stereocenters. The first-order chi connectivity index (χ1) is 15.0. The monoisotopic (exact) mass is 424 g/mol. The van der Waals surface area contributed by atoms with E-state index in [4.69, 9.17) is 4.98 Å². The van der Waals surface area contributed by atoms with Gasteiger partial charge in [-0.05, 0) is 61.3 Å². The molecular weight excluding hydrogens is 391 g/mol. The molecule has 0 saturated heterocycles. The number of nitrogens with zero attached hydrogens (tertiary/aromatic N) is 3. The highest BCUT2D eigenvalue weighted by atomic mass is 19.1. The van der Waals surface area contributed by atoms with Gasteiger partial charge in [-0.3, -0.25) is 4.79 Å². The number of fused-ring (bicyclic) bond motifs is 2. The molecule has 1 N–H and O–H groups in total. The zero-order chi connectivity index (χ0) is 22.0. The number of nitrogens with one attached hydrogen (secondary N) is 1. The summed E-state index contributed by atoms with van der Waals surface area (Å²) in [5, 5.41) is 2.84. The number of carbonyl (C=O) groups is 1. The maximum absolute atomic E-state index is 14.2. The topological polar surface area (TPSA) is 59.3 Å². The average molecular weight is 425 g/mol. The predicted octanol–water partition coefficient (Wildman–Crippen LogP) is 5.16. The molecule has 1 aliphatic heterocycles. The van der Waals surface area contributed by atoms with Crippen molar-refractivity contribution in [3.63, 3.8) is 0 Å². The van der Waals surface area contributed by atoms with Gasteiger partial charge in [-0.25, -0.2) is 9.98 Å². The van der Waals surface area contributed by atoms with Crippen LogP contribution in [0, 0.1) is 0 Å². The van der Waals surface area contributed by atoms with E-state index < -0.39 is 6.42 Å². The van der Waals surface area contributed by atoms with Crippen LogP contribution in [0.4, 0.5) is 10.2 Å². The van der Waals surface area contributed by atoms with Crippen molar-refractivity contribution in [3.8, 4) is 0 Å². The van der Waals surface area contributed by atoms with E-state index in [0.717, 1.165) is 31.5 Å². The van der Waals surface area contributed by atoms with E-state index in [1.165, 1.54) is 35.1 Å². The SMILES string of the molecule is CCCCC(=O)CCn1c(Cc2cc3c(cc2CC)CCC3)nc2c1NC(F)N=C2C. The minimum atomic E-state index is -1.47. The average Bonchev–Trinajstić information content (AvgIpc) is 3.34. The van der Waals surface area contributed by atoms with Gasteiger partial charge in [0.25, 0.3) is 6.42 Å². The lowest BCUT2D eigenvalue weighted by molar-refractivity contribution is -0.119. The standard InChI is InChI=1S/C25H33FN4O/c1-4-6-10-21(31)11-12-30-22(28-23-16(3)27-25(26)29-24(23)30)15-20-14-19-9-7-8-18(19)13-17(20)5-2/h13-14,25,29H,4-12,15H2,1-3H3. The van der Waals surface area contributed by atoms with Crippen LogP contribution in [-0.4, -0.2) is 27.5 Å². The van der Waals surface area contributed by atoms with Crippen molar-refractivity contribution in [3.05, 3.63) is 45.9 Å². The van der Waals surface area contributed by atoms with Crippen molar-refractivity contribution in [2.24, 2.45) is 4.99 Å². The Labute approximate surface area is 184 Å². The van der Waals surface area contributed by atoms with E-state index in [1.54, 1.807) is 6.92 Å². The number of rotatable bonds is 9. The molecule has 31 heavy (non-hydrogen) atoms. The van der Waals surface area contributed by atoms with Crippen LogP contribution in [0.5, 0.6) is 0 Å². The van der Waals surface area contributed by atoms with Gasteiger partial charge < -0.3 is 9.88 Å². The fraction of sp³-hybridized carbons (Fsp3) is 0.560. The van der Waals surface area contributed by atoms with Gasteiger partial charge in [-0.2, -0.15) is 4.39 Å². The highest BCUT2D eigenvalue weighted by Gasteiger charge is 2.26. The summed E-state index contributed by atoms with van der Waals surface area (Å²) in [6.07, 6.45) is 6.68. The first-order valence-electron chi connectivity index (χ1n) is 11.7. The van der Waals surface area contributed by atoms with E-state index in [9.17, 15) is 9.18 Å². The van der Waals surface area contributed by atoms with Crippen molar-refractivity contribution in [1.29, 1.82) is 0 Å². The highest BCUT2D eigenvalue weighted by Crippen LogP contribution is 2.30. The first-order valence-corrected chi connectivity index (χ1v) is 11.7. The van der Waals surface area contributed by atoms with Gasteiger partial charge in [-0.1, -0.05) is 32.4 Å². The molecule has 0 saturated carbocycles. The second kappa shape index (κ2) is 9.33. The molecule has 1 aliphatic carbocycles. The number of halogens is 1. The van der Waals surface area contributed by atoms with Gasteiger partial charge in [-0.15, -0.1) is 0 Å². The lowest BCUT2D eigenvalue weighted by Crippen LogP contribution is -2.23. The van der Waals surface area contributed by atoms with Gasteiger partial charge >= 0.3 is 0 Å². The third-order valence-electron chi connectivity index (χ3n) is 6.52. The van der Waals surface area contributed by atoms with E-state index in [2.05, 4.69) is 36.3 Å². The molecule has 0 bridgehead atoms. The molecule has 2 aliphatic rings. The number of hydrogen-bond acceptors (Lipinski definition) is 4. The number of aliphatic imine (C=N–C) groups is 1. The molecule has 2 aromatic rings. The molecule has 0 spiro atoms. The van der Waals surface area contributed by atoms with Gasteiger partial charge in [0.15, 0.2) is 0 Å². The summed E-state index contributed by atoms with van der Waals surface area (Å²) >= 11 is 0. The molecule has 5 nitrogen and oxygen atoms in total. The predicted molar refractivity (Wildman–Crippen MR) is 123 cm³/mol. The van der Waals surface area contributed by atoms with Gasteiger partial charge in [0.1, 0.15) is 23.1 Å². The highest BCUT2D eigenvalue weighted by molar-refractivity contribution is 6.02. The molecule has 0 radical (unpaired) electrons. The number of imidazole rings is 1. The number of unbranched alkanes of at least 4 members (excludes halogenated alkanes) is 1. The smallest absolute Gasteiger partial charge is 0.265 e. The molecule has 6 heteroatoms. The quantitative estimate of drug-likeness (QED) is 0.566. The normalized spacial score (nSPS) is 17.2. The molecule has 166 valence electrons. The number of aromatic nitrogens is 2. The summed E-state index contributed by atoms with van der Waals surface area (Å²) in [6.45, 7) is 6.59. The Morgan fingerprint density at radius 1 is 1.19 bits per heavy atom. The van der Waals surface area contributed by atoms with E-state index in [1.807, 2.05) is 4.57 Å². The number of alkyl halides is 1. The lowest BCUT2D eigenvalue weighted by atomic mass is 9.96. The Morgan fingerprint density at radius 2 is 1.94 bits per heavy atom. The lowest BCUT2D eigenvalue weighted by Gasteiger charge is -2.19. The summed E-state index contributed by atoms with van der Waals surface area (Å²) in [7, 11) is 0. The molecular formula is C25H33FN4O. The van der Waals surface area contributed by atoms with Crippen molar-refractivity contribution in [1.82, 2.24) is 9.55 Å². The number of ketones is 1. The fourth-order valence-corrected chi connectivity index (χ4v) is 4.78. The summed E-state index contributed by atoms with van der Waals surface area (Å²) in [5.41, 5.74) is 6.87. The Hall–Kier alpha value is -2.50. The number of hydrogen-bond donors (Lipinski definition) is 1. The van der Waals surface area contributed by atoms with Crippen LogP contribution in [0.25, 0.3) is 0 Å². The van der Waals surface area contributed by atoms with Crippen LogP contribution in [-0.2, 0) is 37.0 Å². The van der Waals surface area contributed by atoms with Crippen LogP contribution in [0.2, 0.25) is 0 Å². The van der Waals surface area contributed by atoms with Crippen LogP contribution >= 0.6 is 0 Å². The molecule has 2 heterocycles. The maximum atomic E-state index is 14.2. The van der Waals surface area contributed by atoms with Crippen LogP contribution in [0.15, 0.2) is 17.1 Å². The third-order valence-corrected chi connectivity index (χ3v) is 6.52. The second-order valence-electron chi connectivity index (χ2n) is 8.74. The van der Waals surface area contributed by atoms with Gasteiger partial charge in [0.05, 0.1) is 5.71 Å². The van der Waals surface area contributed by atoms with Crippen molar-refractivity contribution in [2.75, 3.05) is 5.32 Å². The van der Waals surface area contributed by atoms with Crippen molar-refractivity contribution in [2.45, 2.75) is 91.5 Å². The summed E-state index contributed by atoms with van der Waals surface area (Å²) < 4.78 is 16.2. The number of carbonyl (C=O) groups excluding carboxylic acids is 1. The fourth-order valence-electron chi connectivity index (χ4n) is 4.78. The zero-order valence-corrected chi connectivity index (χ0v) is 18.9. The first kappa shape index (κ1) is 21.7. The van der Waals surface area contributed by atoms with Gasteiger partial charge in [0.2, 0.25) is 0 Å². The van der Waals surface area contributed by atoms with Crippen LogP contribution < -0.4 is 5.32 Å².